The van der Waals surface area contributed by atoms with Crippen LogP contribution in [0.3, 0.4) is 0 Å². The number of carbonyl (C=O) groups is 1. The summed E-state index contributed by atoms with van der Waals surface area (Å²) in [6.45, 7) is -0.0303. The van der Waals surface area contributed by atoms with Crippen molar-refractivity contribution in [3.63, 3.8) is 0 Å². The van der Waals surface area contributed by atoms with Gasteiger partial charge in [0.15, 0.2) is 6.20 Å². The molecule has 1 aromatic heterocycles. The van der Waals surface area contributed by atoms with E-state index in [1.807, 2.05) is 0 Å². The summed E-state index contributed by atoms with van der Waals surface area (Å²) in [4.78, 5) is 11.8. The fraction of sp³-hybridized carbons (Fsp3) is 0.143. The molecule has 5 nitrogen and oxygen atoms in total. The molecule has 0 bridgehead atoms. The van der Waals surface area contributed by atoms with Gasteiger partial charge in [0.25, 0.3) is 5.69 Å². The van der Waals surface area contributed by atoms with Gasteiger partial charge in [-0.2, -0.15) is 4.73 Å². The molecule has 0 saturated carbocycles. The quantitative estimate of drug-likeness (QED) is 0.661. The van der Waals surface area contributed by atoms with Gasteiger partial charge >= 0.3 is 5.91 Å². The fourth-order valence-corrected chi connectivity index (χ4v) is 2.00. The highest BCUT2D eigenvalue weighted by Crippen LogP contribution is 2.21. The van der Waals surface area contributed by atoms with Crippen LogP contribution in [-0.4, -0.2) is 17.6 Å². The Morgan fingerprint density at radius 3 is 2.70 bits per heavy atom. The van der Waals surface area contributed by atoms with Crippen molar-refractivity contribution in [1.82, 2.24) is 5.32 Å². The molecule has 0 fully saturated rings. The van der Waals surface area contributed by atoms with Crippen LogP contribution in [0.4, 0.5) is 0 Å². The maximum Gasteiger partial charge on any atom is 0.317 e. The third-order valence-corrected chi connectivity index (χ3v) is 3.12. The van der Waals surface area contributed by atoms with Gasteiger partial charge in [-0.1, -0.05) is 29.8 Å². The molecule has 0 radical (unpaired) electrons. The third-order valence-electron chi connectivity index (χ3n) is 2.78. The van der Waals surface area contributed by atoms with Crippen molar-refractivity contribution < 1.29 is 14.6 Å². The lowest BCUT2D eigenvalue weighted by molar-refractivity contribution is -0.607. The number of rotatable bonds is 4. The summed E-state index contributed by atoms with van der Waals surface area (Å²) in [6.07, 6.45) is 0.302. The summed E-state index contributed by atoms with van der Waals surface area (Å²) in [5.41, 5.74) is 0.497. The Hall–Kier alpha value is -2.11. The van der Waals surface area contributed by atoms with Crippen LogP contribution < -0.4 is 10.0 Å². The second kappa shape index (κ2) is 6.36. The topological polar surface area (TPSA) is 76.3 Å². The maximum absolute atomic E-state index is 11.8. The van der Waals surface area contributed by atoms with Crippen molar-refractivity contribution in [2.75, 3.05) is 6.54 Å². The second-order valence-corrected chi connectivity index (χ2v) is 4.57. The minimum Gasteiger partial charge on any atom is -0.618 e. The highest BCUT2D eigenvalue weighted by molar-refractivity contribution is 6.31. The van der Waals surface area contributed by atoms with Gasteiger partial charge in [0.1, 0.15) is 0 Å². The summed E-state index contributed by atoms with van der Waals surface area (Å²) in [7, 11) is 0. The van der Waals surface area contributed by atoms with E-state index in [1.54, 1.807) is 30.3 Å². The number of aliphatic hydroxyl groups excluding tert-OH is 1. The van der Waals surface area contributed by atoms with Crippen molar-refractivity contribution in [2.24, 2.45) is 0 Å². The highest BCUT2D eigenvalue weighted by Gasteiger charge is 2.17. The lowest BCUT2D eigenvalue weighted by Crippen LogP contribution is -2.40. The van der Waals surface area contributed by atoms with Gasteiger partial charge in [-0.3, -0.25) is 4.79 Å². The molecule has 104 valence electrons. The predicted molar refractivity (Wildman–Crippen MR) is 74.1 cm³/mol. The molecule has 1 aromatic carbocycles. The average molecular weight is 293 g/mol. The Morgan fingerprint density at radius 1 is 1.30 bits per heavy atom. The van der Waals surface area contributed by atoms with E-state index in [9.17, 15) is 15.1 Å². The summed E-state index contributed by atoms with van der Waals surface area (Å²) < 4.78 is 0.469. The van der Waals surface area contributed by atoms with Gasteiger partial charge in [0.05, 0.1) is 6.10 Å². The molecule has 2 N–H and O–H groups in total. The number of amides is 1. The van der Waals surface area contributed by atoms with Gasteiger partial charge in [0.2, 0.25) is 0 Å². The summed E-state index contributed by atoms with van der Waals surface area (Å²) in [5, 5.41) is 24.3. The lowest BCUT2D eigenvalue weighted by atomic mass is 10.1. The number of nitrogens with zero attached hydrogens (tertiary/aromatic N) is 1. The van der Waals surface area contributed by atoms with Gasteiger partial charge in [-0.15, -0.1) is 0 Å². The normalized spacial score (nSPS) is 11.9. The van der Waals surface area contributed by atoms with Crippen molar-refractivity contribution >= 4 is 17.5 Å². The Morgan fingerprint density at radius 2 is 2.00 bits per heavy atom. The van der Waals surface area contributed by atoms with Gasteiger partial charge in [-0.05, 0) is 12.1 Å². The number of carbonyl (C=O) groups excluding carboxylic acids is 1. The Bertz CT molecular complexity index is 619. The lowest BCUT2D eigenvalue weighted by Gasteiger charge is -2.13. The molecule has 0 aliphatic heterocycles. The number of hydrogen-bond acceptors (Lipinski definition) is 3. The number of benzene rings is 1. The smallest absolute Gasteiger partial charge is 0.317 e. The standard InChI is InChI=1S/C14H13ClN2O3/c15-11-6-2-1-5-10(11)13(18)9-16-14(19)12-7-3-4-8-17(12)20/h1-8,13,18H,9H2,(H,16,19). The van der Waals surface area contributed by atoms with Crippen LogP contribution in [0.15, 0.2) is 48.7 Å². The molecular formula is C14H13ClN2O3. The van der Waals surface area contributed by atoms with Crippen molar-refractivity contribution in [1.29, 1.82) is 0 Å². The van der Waals surface area contributed by atoms with E-state index in [-0.39, 0.29) is 12.2 Å². The van der Waals surface area contributed by atoms with E-state index < -0.39 is 12.0 Å². The first-order chi connectivity index (χ1) is 9.59. The zero-order valence-corrected chi connectivity index (χ0v) is 11.2. The molecule has 0 saturated heterocycles. The molecule has 1 atom stereocenters. The monoisotopic (exact) mass is 292 g/mol. The second-order valence-electron chi connectivity index (χ2n) is 4.16. The highest BCUT2D eigenvalue weighted by atomic mass is 35.5. The van der Waals surface area contributed by atoms with Crippen LogP contribution >= 0.6 is 11.6 Å². The van der Waals surface area contributed by atoms with Crippen molar-refractivity contribution in [3.05, 3.63) is 70.1 Å². The van der Waals surface area contributed by atoms with Crippen LogP contribution in [0, 0.1) is 5.21 Å². The van der Waals surface area contributed by atoms with E-state index in [2.05, 4.69) is 5.32 Å². The van der Waals surface area contributed by atoms with Crippen LogP contribution in [0.2, 0.25) is 5.02 Å². The first-order valence-corrected chi connectivity index (χ1v) is 6.36. The third kappa shape index (κ3) is 3.26. The van der Waals surface area contributed by atoms with E-state index in [0.717, 1.165) is 0 Å². The molecule has 20 heavy (non-hydrogen) atoms. The van der Waals surface area contributed by atoms with E-state index in [4.69, 9.17) is 11.6 Å². The largest absolute Gasteiger partial charge is 0.618 e. The van der Waals surface area contributed by atoms with E-state index >= 15 is 0 Å². The van der Waals surface area contributed by atoms with Crippen LogP contribution in [0.5, 0.6) is 0 Å². The fourth-order valence-electron chi connectivity index (χ4n) is 1.74. The Kier molecular flexibility index (Phi) is 4.55. The molecular weight excluding hydrogens is 280 g/mol. The number of aliphatic hydroxyl groups is 1. The number of halogens is 1. The molecule has 1 unspecified atom stereocenters. The van der Waals surface area contributed by atoms with E-state index in [1.165, 1.54) is 18.3 Å². The Balaban J connectivity index is 2.01. The molecule has 1 heterocycles. The van der Waals surface area contributed by atoms with Crippen molar-refractivity contribution in [3.8, 4) is 0 Å². The van der Waals surface area contributed by atoms with E-state index in [0.29, 0.717) is 15.3 Å². The molecule has 0 aliphatic rings. The number of pyridine rings is 1. The predicted octanol–water partition coefficient (Wildman–Crippen LogP) is 1.44. The van der Waals surface area contributed by atoms with Gasteiger partial charge in [-0.25, -0.2) is 0 Å². The van der Waals surface area contributed by atoms with Crippen LogP contribution in [0.25, 0.3) is 0 Å². The molecule has 0 aliphatic carbocycles. The molecule has 0 spiro atoms. The zero-order chi connectivity index (χ0) is 14.5. The molecule has 1 amide bonds. The number of hydrogen-bond donors (Lipinski definition) is 2. The number of nitrogens with one attached hydrogen (secondary N) is 1. The minimum absolute atomic E-state index is 0.0288. The minimum atomic E-state index is -0.934. The molecule has 2 aromatic rings. The van der Waals surface area contributed by atoms with Crippen LogP contribution in [-0.2, 0) is 0 Å². The molecule has 2 rings (SSSR count). The SMILES string of the molecule is O=C(NCC(O)c1ccccc1Cl)c1cccc[n+]1[O-]. The van der Waals surface area contributed by atoms with Gasteiger partial charge < -0.3 is 15.6 Å². The first kappa shape index (κ1) is 14.3. The summed E-state index contributed by atoms with van der Waals surface area (Å²) in [5.74, 6) is -0.549. The summed E-state index contributed by atoms with van der Waals surface area (Å²) in [6, 6.07) is 11.4. The average Bonchev–Trinajstić information content (AvgIpc) is 2.45. The van der Waals surface area contributed by atoms with Crippen LogP contribution in [0.1, 0.15) is 22.2 Å². The first-order valence-electron chi connectivity index (χ1n) is 5.98. The Labute approximate surface area is 121 Å². The summed E-state index contributed by atoms with van der Waals surface area (Å²) >= 11 is 5.95. The maximum atomic E-state index is 11.8. The molecule has 6 heteroatoms. The number of aromatic nitrogens is 1. The van der Waals surface area contributed by atoms with Crippen molar-refractivity contribution in [2.45, 2.75) is 6.10 Å². The van der Waals surface area contributed by atoms with Gasteiger partial charge in [0, 0.05) is 29.3 Å². The zero-order valence-electron chi connectivity index (χ0n) is 10.5.